The van der Waals surface area contributed by atoms with Crippen molar-refractivity contribution in [3.8, 4) is 0 Å². The summed E-state index contributed by atoms with van der Waals surface area (Å²) in [5, 5.41) is 2.67. The molecule has 3 N–H and O–H groups in total. The number of urea groups is 1. The number of amides is 4. The van der Waals surface area contributed by atoms with Gasteiger partial charge in [0.05, 0.1) is 22.8 Å². The third-order valence-electron chi connectivity index (χ3n) is 11.9. The van der Waals surface area contributed by atoms with Crippen molar-refractivity contribution in [2.45, 2.75) is 69.5 Å². The Balaban J connectivity index is 0.944. The van der Waals surface area contributed by atoms with Gasteiger partial charge in [0.2, 0.25) is 0 Å². The lowest BCUT2D eigenvalue weighted by molar-refractivity contribution is -0.146. The molecule has 7 rings (SSSR count). The first-order chi connectivity index (χ1) is 28.8. The first-order valence-corrected chi connectivity index (χ1v) is 20.8. The van der Waals surface area contributed by atoms with Crippen LogP contribution in [0.15, 0.2) is 60.9 Å². The Morgan fingerprint density at radius 3 is 2.25 bits per heavy atom. The molecule has 0 spiro atoms. The molecule has 0 radical (unpaired) electrons. The van der Waals surface area contributed by atoms with Gasteiger partial charge in [-0.1, -0.05) is 29.8 Å². The number of nitrogens with zero attached hydrogens (tertiary/aromatic N) is 6. The molecule has 3 saturated heterocycles. The van der Waals surface area contributed by atoms with Crippen molar-refractivity contribution in [3.63, 3.8) is 0 Å². The standard InChI is InChI=1S/C42H50ClF3N8O6/c43-34-24-29(23-33(38(34)47)42(44,45)46)25-36(60-41(58)53-16-10-32(11-17-53)54-18-7-30-3-1-2-4-35(30)49-40(54)57)39(56)52-21-19-51(20-22-52)31-8-14-50(15-9-31)26-37(55)59-27-28-5-12-48-13-6-28/h1-6,12-13,23-24,31-32,36H,7-11,14-22,25-27,47H2,(H,49,57)/t36-/m1/s1. The quantitative estimate of drug-likeness (QED) is 0.203. The molecule has 4 aliphatic heterocycles. The number of nitrogen functional groups attached to an aromatic ring is 1. The molecule has 2 aromatic carbocycles. The number of para-hydroxylation sites is 1. The van der Waals surface area contributed by atoms with Crippen molar-refractivity contribution in [1.29, 1.82) is 0 Å². The van der Waals surface area contributed by atoms with Gasteiger partial charge in [-0.15, -0.1) is 0 Å². The van der Waals surface area contributed by atoms with Crippen molar-refractivity contribution in [1.82, 2.24) is 29.5 Å². The summed E-state index contributed by atoms with van der Waals surface area (Å²) in [5.74, 6) is -0.804. The minimum atomic E-state index is -4.80. The number of piperidine rings is 2. The molecule has 4 aliphatic rings. The number of alkyl halides is 3. The minimum absolute atomic E-state index is 0.0474. The lowest BCUT2D eigenvalue weighted by Crippen LogP contribution is -2.57. The van der Waals surface area contributed by atoms with Crippen LogP contribution in [-0.4, -0.2) is 137 Å². The van der Waals surface area contributed by atoms with Crippen LogP contribution >= 0.6 is 11.6 Å². The number of aromatic nitrogens is 1. The Morgan fingerprint density at radius 1 is 0.867 bits per heavy atom. The van der Waals surface area contributed by atoms with Crippen LogP contribution in [0, 0.1) is 0 Å². The number of ether oxygens (including phenoxy) is 2. The fraction of sp³-hybridized carbons (Fsp3) is 0.500. The van der Waals surface area contributed by atoms with Crippen LogP contribution in [-0.2, 0) is 44.7 Å². The van der Waals surface area contributed by atoms with Crippen LogP contribution < -0.4 is 11.1 Å². The van der Waals surface area contributed by atoms with Gasteiger partial charge in [0.1, 0.15) is 6.61 Å². The van der Waals surface area contributed by atoms with E-state index in [1.807, 2.05) is 24.3 Å². The number of carbonyl (C=O) groups excluding carboxylic acids is 4. The van der Waals surface area contributed by atoms with Gasteiger partial charge < -0.3 is 35.2 Å². The number of nitrogens with two attached hydrogens (primary N) is 1. The van der Waals surface area contributed by atoms with Gasteiger partial charge in [-0.3, -0.25) is 24.4 Å². The van der Waals surface area contributed by atoms with E-state index in [4.69, 9.17) is 26.8 Å². The van der Waals surface area contributed by atoms with E-state index in [2.05, 4.69) is 20.1 Å². The fourth-order valence-corrected chi connectivity index (χ4v) is 8.78. The summed E-state index contributed by atoms with van der Waals surface area (Å²) in [5.41, 5.74) is 6.67. The number of likely N-dealkylation sites (tertiary alicyclic amines) is 2. The van der Waals surface area contributed by atoms with Crippen molar-refractivity contribution < 1.29 is 41.8 Å². The number of rotatable bonds is 10. The SMILES string of the molecule is Nc1c(Cl)cc(C[C@@H](OC(=O)N2CCC(N3CCc4ccccc4NC3=O)CC2)C(=O)N2CCN(C3CCN(CC(=O)OCc4ccncc4)CC3)CC2)cc1C(F)(F)F. The third-order valence-corrected chi connectivity index (χ3v) is 12.3. The van der Waals surface area contributed by atoms with Crippen LogP contribution in [0.25, 0.3) is 0 Å². The van der Waals surface area contributed by atoms with Crippen molar-refractivity contribution in [2.24, 2.45) is 0 Å². The highest BCUT2D eigenvalue weighted by atomic mass is 35.5. The van der Waals surface area contributed by atoms with Crippen LogP contribution in [0.1, 0.15) is 47.9 Å². The largest absolute Gasteiger partial charge is 0.460 e. The second-order valence-corrected chi connectivity index (χ2v) is 16.2. The molecule has 0 bridgehead atoms. The molecule has 1 atom stereocenters. The molecule has 14 nitrogen and oxygen atoms in total. The number of fused-ring (bicyclic) bond motifs is 1. The first-order valence-electron chi connectivity index (χ1n) is 20.4. The number of hydrogen-bond donors (Lipinski definition) is 2. The predicted molar refractivity (Wildman–Crippen MR) is 217 cm³/mol. The topological polar surface area (TPSA) is 154 Å². The van der Waals surface area contributed by atoms with Gasteiger partial charge in [0, 0.05) is 95.5 Å². The molecule has 3 aromatic rings. The number of carbonyl (C=O) groups is 4. The highest BCUT2D eigenvalue weighted by Crippen LogP contribution is 2.38. The molecule has 5 heterocycles. The van der Waals surface area contributed by atoms with E-state index in [0.29, 0.717) is 65.1 Å². The minimum Gasteiger partial charge on any atom is -0.460 e. The molecule has 322 valence electrons. The van der Waals surface area contributed by atoms with Gasteiger partial charge in [-0.2, -0.15) is 13.2 Å². The Labute approximate surface area is 351 Å². The maximum atomic E-state index is 14.2. The van der Waals surface area contributed by atoms with Crippen molar-refractivity contribution in [3.05, 3.63) is 88.2 Å². The number of nitrogens with one attached hydrogen (secondary N) is 1. The summed E-state index contributed by atoms with van der Waals surface area (Å²) >= 11 is 6.15. The zero-order chi connectivity index (χ0) is 42.4. The summed E-state index contributed by atoms with van der Waals surface area (Å²) < 4.78 is 53.1. The number of halogens is 4. The maximum absolute atomic E-state index is 14.2. The lowest BCUT2D eigenvalue weighted by atomic mass is 10.0. The fourth-order valence-electron chi connectivity index (χ4n) is 8.54. The molecular weight excluding hydrogens is 805 g/mol. The summed E-state index contributed by atoms with van der Waals surface area (Å²) in [4.78, 5) is 66.7. The van der Waals surface area contributed by atoms with E-state index >= 15 is 0 Å². The second-order valence-electron chi connectivity index (χ2n) is 15.7. The second kappa shape index (κ2) is 19.1. The van der Waals surface area contributed by atoms with Gasteiger partial charge in [0.15, 0.2) is 6.10 Å². The molecule has 18 heteroatoms. The molecule has 0 unspecified atom stereocenters. The van der Waals surface area contributed by atoms with E-state index in [-0.39, 0.29) is 67.3 Å². The lowest BCUT2D eigenvalue weighted by Gasteiger charge is -2.43. The predicted octanol–water partition coefficient (Wildman–Crippen LogP) is 5.29. The van der Waals surface area contributed by atoms with Crippen molar-refractivity contribution >= 4 is 47.0 Å². The third kappa shape index (κ3) is 10.6. The highest BCUT2D eigenvalue weighted by molar-refractivity contribution is 6.33. The van der Waals surface area contributed by atoms with Crippen LogP contribution in [0.2, 0.25) is 5.02 Å². The van der Waals surface area contributed by atoms with Gasteiger partial charge in [-0.25, -0.2) is 9.59 Å². The van der Waals surface area contributed by atoms with Crippen LogP contribution in [0.3, 0.4) is 0 Å². The molecule has 0 aliphatic carbocycles. The van der Waals surface area contributed by atoms with Crippen LogP contribution in [0.4, 0.5) is 34.1 Å². The average molecular weight is 855 g/mol. The van der Waals surface area contributed by atoms with Crippen molar-refractivity contribution in [2.75, 3.05) is 76.5 Å². The molecular formula is C42H50ClF3N8O6. The molecule has 4 amide bonds. The van der Waals surface area contributed by atoms with Gasteiger partial charge >= 0.3 is 24.3 Å². The maximum Gasteiger partial charge on any atom is 0.418 e. The highest BCUT2D eigenvalue weighted by Gasteiger charge is 2.38. The summed E-state index contributed by atoms with van der Waals surface area (Å²) in [6, 6.07) is 13.3. The number of esters is 1. The zero-order valence-electron chi connectivity index (χ0n) is 33.2. The molecule has 3 fully saturated rings. The number of benzene rings is 2. The Kier molecular flexibility index (Phi) is 13.7. The molecule has 1 aromatic heterocycles. The smallest absolute Gasteiger partial charge is 0.418 e. The normalized spacial score (nSPS) is 19.3. The summed E-state index contributed by atoms with van der Waals surface area (Å²) in [6.45, 7) is 4.64. The van der Waals surface area contributed by atoms with E-state index in [1.54, 1.807) is 34.3 Å². The van der Waals surface area contributed by atoms with E-state index in [9.17, 15) is 32.3 Å². The molecule has 60 heavy (non-hydrogen) atoms. The van der Waals surface area contributed by atoms with E-state index in [1.165, 1.54) is 11.0 Å². The number of hydrogen-bond acceptors (Lipinski definition) is 10. The van der Waals surface area contributed by atoms with Gasteiger partial charge in [-0.05, 0) is 79.1 Å². The first kappa shape index (κ1) is 43.0. The Hall–Kier alpha value is -5.13. The zero-order valence-corrected chi connectivity index (χ0v) is 34.0. The average Bonchev–Trinajstić information content (AvgIpc) is 3.42. The van der Waals surface area contributed by atoms with Gasteiger partial charge in [0.25, 0.3) is 5.91 Å². The number of pyridine rings is 1. The van der Waals surface area contributed by atoms with Crippen LogP contribution in [0.5, 0.6) is 0 Å². The Morgan fingerprint density at radius 2 is 1.55 bits per heavy atom. The van der Waals surface area contributed by atoms with E-state index < -0.39 is 35.5 Å². The number of anilines is 2. The molecule has 0 saturated carbocycles. The van der Waals surface area contributed by atoms with E-state index in [0.717, 1.165) is 35.7 Å². The monoisotopic (exact) mass is 854 g/mol. The Bertz CT molecular complexity index is 2000. The summed E-state index contributed by atoms with van der Waals surface area (Å²) in [7, 11) is 0. The summed E-state index contributed by atoms with van der Waals surface area (Å²) in [6.07, 6.45) is -0.720. The number of piperazine rings is 1.